The molecule has 7 nitrogen and oxygen atoms in total. The van der Waals surface area contributed by atoms with Crippen molar-refractivity contribution in [3.63, 3.8) is 0 Å². The van der Waals surface area contributed by atoms with Crippen molar-refractivity contribution >= 4 is 15.7 Å². The molecule has 108 valence electrons. The van der Waals surface area contributed by atoms with Crippen LogP contribution in [-0.4, -0.2) is 30.0 Å². The summed E-state index contributed by atoms with van der Waals surface area (Å²) in [7, 11) is -3.81. The van der Waals surface area contributed by atoms with E-state index < -0.39 is 15.8 Å². The fourth-order valence-corrected chi connectivity index (χ4v) is 2.83. The molecule has 9 heteroatoms. The van der Waals surface area contributed by atoms with E-state index in [0.717, 1.165) is 12.1 Å². The lowest BCUT2D eigenvalue weighted by atomic mass is 10.3. The molecule has 0 saturated heterocycles. The zero-order valence-electron chi connectivity index (χ0n) is 10.5. The summed E-state index contributed by atoms with van der Waals surface area (Å²) >= 11 is 0. The number of hydrogen-bond donors (Lipinski definition) is 2. The van der Waals surface area contributed by atoms with Gasteiger partial charge in [-0.25, -0.2) is 17.5 Å². The number of nitrogens with zero attached hydrogens (tertiary/aromatic N) is 3. The Morgan fingerprint density at radius 1 is 1.40 bits per heavy atom. The maximum Gasteiger partial charge on any atom is 0.242 e. The number of rotatable bonds is 6. The predicted molar refractivity (Wildman–Crippen MR) is 70.6 cm³/mol. The van der Waals surface area contributed by atoms with Crippen LogP contribution in [0.25, 0.3) is 0 Å². The van der Waals surface area contributed by atoms with Crippen LogP contribution < -0.4 is 10.5 Å². The van der Waals surface area contributed by atoms with Gasteiger partial charge in [0.05, 0.1) is 11.9 Å². The highest BCUT2D eigenvalue weighted by atomic mass is 32.2. The van der Waals surface area contributed by atoms with Crippen LogP contribution in [0.2, 0.25) is 0 Å². The number of sulfonamides is 1. The number of aromatic nitrogens is 3. The molecule has 0 unspecified atom stereocenters. The quantitative estimate of drug-likeness (QED) is 0.592. The molecule has 0 fully saturated rings. The minimum atomic E-state index is -3.81. The Bertz CT molecular complexity index is 672. The number of halogens is 1. The summed E-state index contributed by atoms with van der Waals surface area (Å²) < 4.78 is 41.0. The summed E-state index contributed by atoms with van der Waals surface area (Å²) in [6, 6.07) is 3.23. The average Bonchev–Trinajstić information content (AvgIpc) is 2.90. The first-order chi connectivity index (χ1) is 9.49. The third-order valence-corrected chi connectivity index (χ3v) is 4.11. The van der Waals surface area contributed by atoms with Gasteiger partial charge in [0.2, 0.25) is 10.0 Å². The normalized spacial score (nSPS) is 11.7. The molecular formula is C11H14FN5O2S. The minimum absolute atomic E-state index is 0.00942. The Morgan fingerprint density at radius 2 is 2.20 bits per heavy atom. The van der Waals surface area contributed by atoms with Crippen LogP contribution in [0.4, 0.5) is 10.1 Å². The van der Waals surface area contributed by atoms with Crippen LogP contribution >= 0.6 is 0 Å². The van der Waals surface area contributed by atoms with Gasteiger partial charge in [0.25, 0.3) is 0 Å². The van der Waals surface area contributed by atoms with E-state index in [-0.39, 0.29) is 17.1 Å². The van der Waals surface area contributed by atoms with Crippen molar-refractivity contribution in [3.05, 3.63) is 36.4 Å². The molecule has 1 aromatic carbocycles. The Kier molecular flexibility index (Phi) is 4.30. The number of nitrogens with one attached hydrogen (secondary N) is 1. The third-order valence-electron chi connectivity index (χ3n) is 2.59. The number of aryl methyl sites for hydroxylation is 1. The van der Waals surface area contributed by atoms with Crippen LogP contribution in [0.3, 0.4) is 0 Å². The van der Waals surface area contributed by atoms with Gasteiger partial charge >= 0.3 is 0 Å². The summed E-state index contributed by atoms with van der Waals surface area (Å²) in [6.07, 6.45) is 3.74. The molecule has 0 aliphatic carbocycles. The first-order valence-corrected chi connectivity index (χ1v) is 7.36. The summed E-state index contributed by atoms with van der Waals surface area (Å²) in [6.45, 7) is 0.722. The molecule has 2 rings (SSSR count). The molecule has 1 aromatic heterocycles. The van der Waals surface area contributed by atoms with Crippen LogP contribution in [0.1, 0.15) is 6.42 Å². The van der Waals surface area contributed by atoms with E-state index >= 15 is 0 Å². The molecule has 3 N–H and O–H groups in total. The molecule has 0 spiro atoms. The number of hydrogen-bond acceptors (Lipinski definition) is 5. The van der Waals surface area contributed by atoms with E-state index in [0.29, 0.717) is 13.0 Å². The zero-order chi connectivity index (χ0) is 14.6. The predicted octanol–water partition coefficient (Wildman–Crippen LogP) is 0.368. The molecule has 0 bridgehead atoms. The summed E-state index contributed by atoms with van der Waals surface area (Å²) in [5.41, 5.74) is 5.56. The van der Waals surface area contributed by atoms with Gasteiger partial charge in [-0.1, -0.05) is 5.21 Å². The van der Waals surface area contributed by atoms with Crippen LogP contribution in [0, 0.1) is 5.82 Å². The second-order valence-electron chi connectivity index (χ2n) is 4.10. The number of benzene rings is 1. The largest absolute Gasteiger partial charge is 0.398 e. The van der Waals surface area contributed by atoms with E-state index in [1.165, 1.54) is 12.3 Å². The Labute approximate surface area is 115 Å². The highest BCUT2D eigenvalue weighted by molar-refractivity contribution is 7.89. The molecule has 0 aliphatic heterocycles. The third kappa shape index (κ3) is 3.52. The maximum absolute atomic E-state index is 13.1. The van der Waals surface area contributed by atoms with Gasteiger partial charge in [0.1, 0.15) is 10.7 Å². The Hall–Kier alpha value is -2.00. The molecule has 20 heavy (non-hydrogen) atoms. The van der Waals surface area contributed by atoms with Gasteiger partial charge in [0, 0.05) is 19.3 Å². The molecule has 0 amide bonds. The van der Waals surface area contributed by atoms with E-state index in [1.54, 1.807) is 10.9 Å². The Morgan fingerprint density at radius 3 is 2.90 bits per heavy atom. The summed E-state index contributed by atoms with van der Waals surface area (Å²) in [5.74, 6) is -0.651. The molecule has 2 aromatic rings. The SMILES string of the molecule is Nc1ccc(F)cc1S(=O)(=O)NCCCn1ccnn1. The maximum atomic E-state index is 13.1. The first kappa shape index (κ1) is 14.4. The lowest BCUT2D eigenvalue weighted by Gasteiger charge is -2.09. The van der Waals surface area contributed by atoms with Gasteiger partial charge < -0.3 is 5.73 Å². The first-order valence-electron chi connectivity index (χ1n) is 5.88. The van der Waals surface area contributed by atoms with E-state index in [4.69, 9.17) is 5.73 Å². The highest BCUT2D eigenvalue weighted by Gasteiger charge is 2.17. The van der Waals surface area contributed by atoms with Crippen LogP contribution in [0.5, 0.6) is 0 Å². The average molecular weight is 299 g/mol. The van der Waals surface area contributed by atoms with E-state index in [2.05, 4.69) is 15.0 Å². The molecule has 0 atom stereocenters. The van der Waals surface area contributed by atoms with Gasteiger partial charge in [-0.2, -0.15) is 0 Å². The summed E-state index contributed by atoms with van der Waals surface area (Å²) in [5, 5.41) is 7.39. The lowest BCUT2D eigenvalue weighted by molar-refractivity contribution is 0.541. The minimum Gasteiger partial charge on any atom is -0.398 e. The molecule has 0 radical (unpaired) electrons. The van der Waals surface area contributed by atoms with E-state index in [1.807, 2.05) is 0 Å². The molecule has 0 aliphatic rings. The second-order valence-corrected chi connectivity index (χ2v) is 5.83. The van der Waals surface area contributed by atoms with Crippen LogP contribution in [-0.2, 0) is 16.6 Å². The van der Waals surface area contributed by atoms with Crippen molar-refractivity contribution in [3.8, 4) is 0 Å². The smallest absolute Gasteiger partial charge is 0.242 e. The monoisotopic (exact) mass is 299 g/mol. The second kappa shape index (κ2) is 5.97. The standard InChI is InChI=1S/C11H14FN5O2S/c12-9-2-3-10(13)11(8-9)20(18,19)15-4-1-6-17-7-5-14-16-17/h2-3,5,7-8,15H,1,4,6,13H2. The van der Waals surface area contributed by atoms with Crippen molar-refractivity contribution in [2.75, 3.05) is 12.3 Å². The molecule has 0 saturated carbocycles. The lowest BCUT2D eigenvalue weighted by Crippen LogP contribution is -2.26. The zero-order valence-corrected chi connectivity index (χ0v) is 11.3. The molecule has 1 heterocycles. The van der Waals surface area contributed by atoms with Crippen molar-refractivity contribution < 1.29 is 12.8 Å². The fraction of sp³-hybridized carbons (Fsp3) is 0.273. The van der Waals surface area contributed by atoms with Crippen molar-refractivity contribution in [2.45, 2.75) is 17.9 Å². The topological polar surface area (TPSA) is 103 Å². The highest BCUT2D eigenvalue weighted by Crippen LogP contribution is 2.18. The Balaban J connectivity index is 1.95. The summed E-state index contributed by atoms with van der Waals surface area (Å²) in [4.78, 5) is -0.252. The van der Waals surface area contributed by atoms with Crippen LogP contribution in [0.15, 0.2) is 35.5 Å². The van der Waals surface area contributed by atoms with Crippen molar-refractivity contribution in [2.24, 2.45) is 0 Å². The van der Waals surface area contributed by atoms with Crippen molar-refractivity contribution in [1.82, 2.24) is 19.7 Å². The van der Waals surface area contributed by atoms with Gasteiger partial charge in [-0.3, -0.25) is 4.68 Å². The van der Waals surface area contributed by atoms with Gasteiger partial charge in [-0.15, -0.1) is 5.10 Å². The number of nitrogens with two attached hydrogens (primary N) is 1. The number of nitrogen functional groups attached to an aromatic ring is 1. The van der Waals surface area contributed by atoms with E-state index in [9.17, 15) is 12.8 Å². The van der Waals surface area contributed by atoms with Gasteiger partial charge in [-0.05, 0) is 24.6 Å². The fourth-order valence-electron chi connectivity index (χ4n) is 1.62. The number of anilines is 1. The van der Waals surface area contributed by atoms with Crippen molar-refractivity contribution in [1.29, 1.82) is 0 Å². The molecular weight excluding hydrogens is 285 g/mol. The van der Waals surface area contributed by atoms with Gasteiger partial charge in [0.15, 0.2) is 0 Å².